The van der Waals surface area contributed by atoms with Gasteiger partial charge in [-0.15, -0.1) is 6.42 Å². The van der Waals surface area contributed by atoms with E-state index in [4.69, 9.17) is 39.1 Å². The van der Waals surface area contributed by atoms with Crippen LogP contribution in [0.2, 0.25) is 10.0 Å². The maximum atomic E-state index is 12.7. The van der Waals surface area contributed by atoms with E-state index in [-0.39, 0.29) is 22.3 Å². The average molecular weight is 491 g/mol. The van der Waals surface area contributed by atoms with E-state index >= 15 is 0 Å². The van der Waals surface area contributed by atoms with Crippen molar-refractivity contribution in [1.29, 1.82) is 0 Å². The number of carbonyl (C=O) groups excluding carboxylic acids is 3. The van der Waals surface area contributed by atoms with E-state index in [0.717, 1.165) is 4.90 Å². The van der Waals surface area contributed by atoms with Gasteiger partial charge in [0.05, 0.1) is 27.7 Å². The van der Waals surface area contributed by atoms with Crippen molar-refractivity contribution in [3.05, 3.63) is 56.9 Å². The fourth-order valence-electron chi connectivity index (χ4n) is 2.76. The molecule has 0 saturated carbocycles. The summed E-state index contributed by atoms with van der Waals surface area (Å²) in [6, 6.07) is 9.79. The normalized spacial score (nSPS) is 14.4. The summed E-state index contributed by atoms with van der Waals surface area (Å²) in [5.74, 6) is 1.77. The monoisotopic (exact) mass is 490 g/mol. The van der Waals surface area contributed by atoms with Gasteiger partial charge in [-0.25, -0.2) is 0 Å². The molecule has 2 aromatic rings. The van der Waals surface area contributed by atoms with Crippen LogP contribution >= 0.6 is 35.0 Å². The fourth-order valence-corrected chi connectivity index (χ4v) is 4.06. The molecule has 1 fully saturated rings. The number of methoxy groups -OCH3 is 1. The number of hydrogen-bond donors (Lipinski definition) is 1. The number of anilines is 1. The highest BCUT2D eigenvalue weighted by molar-refractivity contribution is 8.18. The molecule has 10 heteroatoms. The van der Waals surface area contributed by atoms with Gasteiger partial charge in [-0.05, 0) is 47.7 Å². The molecule has 1 saturated heterocycles. The van der Waals surface area contributed by atoms with E-state index in [0.29, 0.717) is 33.8 Å². The zero-order valence-electron chi connectivity index (χ0n) is 16.7. The van der Waals surface area contributed by atoms with Crippen LogP contribution in [0, 0.1) is 12.3 Å². The molecule has 0 atom stereocenters. The first-order valence-electron chi connectivity index (χ1n) is 9.07. The second-order valence-corrected chi connectivity index (χ2v) is 8.13. The second kappa shape index (κ2) is 10.5. The van der Waals surface area contributed by atoms with Crippen LogP contribution in [0.15, 0.2) is 41.3 Å². The Kier molecular flexibility index (Phi) is 7.70. The summed E-state index contributed by atoms with van der Waals surface area (Å²) in [6.07, 6.45) is 6.69. The Labute approximate surface area is 198 Å². The lowest BCUT2D eigenvalue weighted by Crippen LogP contribution is -2.36. The first-order chi connectivity index (χ1) is 15.3. The SMILES string of the molecule is C#CCOc1c(Cl)cc(/C=C2/SC(=O)N(CC(=O)Nc3ccccc3Cl)C2=O)cc1OC. The fraction of sp³-hybridized carbons (Fsp3) is 0.136. The Balaban J connectivity index is 1.76. The molecular formula is C22H16Cl2N2O5S. The van der Waals surface area contributed by atoms with Gasteiger partial charge in [0.1, 0.15) is 13.2 Å². The number of nitrogens with one attached hydrogen (secondary N) is 1. The van der Waals surface area contributed by atoms with Gasteiger partial charge in [0, 0.05) is 0 Å². The standard InChI is InChI=1S/C22H16Cl2N2O5S/c1-3-8-31-20-15(24)9-13(10-17(20)30-2)11-18-21(28)26(22(29)32-18)12-19(27)25-16-7-5-4-6-14(16)23/h1,4-7,9-11H,8,12H2,2H3,(H,25,27)/b18-11+. The highest BCUT2D eigenvalue weighted by Crippen LogP contribution is 2.39. The number of thioether (sulfide) groups is 1. The molecule has 1 aliphatic rings. The van der Waals surface area contributed by atoms with Gasteiger partial charge in [0.25, 0.3) is 11.1 Å². The summed E-state index contributed by atoms with van der Waals surface area (Å²) < 4.78 is 10.7. The third kappa shape index (κ3) is 5.37. The van der Waals surface area contributed by atoms with Crippen molar-refractivity contribution in [2.45, 2.75) is 0 Å². The summed E-state index contributed by atoms with van der Waals surface area (Å²) in [4.78, 5) is 38.4. The molecule has 1 heterocycles. The number of amides is 3. The van der Waals surface area contributed by atoms with Gasteiger partial charge in [0.2, 0.25) is 5.91 Å². The molecule has 0 radical (unpaired) electrons. The Morgan fingerprint density at radius 1 is 1.25 bits per heavy atom. The number of carbonyl (C=O) groups is 3. The minimum absolute atomic E-state index is 0.00454. The van der Waals surface area contributed by atoms with Crippen LogP contribution in [0.1, 0.15) is 5.56 Å². The largest absolute Gasteiger partial charge is 0.493 e. The number of rotatable bonds is 7. The highest BCUT2D eigenvalue weighted by Gasteiger charge is 2.36. The zero-order valence-corrected chi connectivity index (χ0v) is 19.0. The molecule has 0 unspecified atom stereocenters. The van der Waals surface area contributed by atoms with Crippen LogP contribution < -0.4 is 14.8 Å². The Morgan fingerprint density at radius 2 is 2.00 bits per heavy atom. The molecule has 0 aromatic heterocycles. The molecule has 32 heavy (non-hydrogen) atoms. The van der Waals surface area contributed by atoms with Gasteiger partial charge in [-0.1, -0.05) is 41.3 Å². The van der Waals surface area contributed by atoms with Gasteiger partial charge in [-0.3, -0.25) is 19.3 Å². The van der Waals surface area contributed by atoms with E-state index in [2.05, 4.69) is 11.2 Å². The van der Waals surface area contributed by atoms with E-state index < -0.39 is 23.6 Å². The Morgan fingerprint density at radius 3 is 2.69 bits per heavy atom. The zero-order chi connectivity index (χ0) is 23.3. The van der Waals surface area contributed by atoms with Crippen LogP contribution in [-0.4, -0.2) is 42.2 Å². The summed E-state index contributed by atoms with van der Waals surface area (Å²) in [6.45, 7) is -0.444. The van der Waals surface area contributed by atoms with Crippen LogP contribution in [-0.2, 0) is 9.59 Å². The molecule has 164 valence electrons. The molecule has 1 aliphatic heterocycles. The lowest BCUT2D eigenvalue weighted by Gasteiger charge is -2.13. The van der Waals surface area contributed by atoms with Gasteiger partial charge in [-0.2, -0.15) is 0 Å². The number of halogens is 2. The van der Waals surface area contributed by atoms with Crippen molar-refractivity contribution in [2.75, 3.05) is 25.6 Å². The molecule has 1 N–H and O–H groups in total. The minimum Gasteiger partial charge on any atom is -0.493 e. The first-order valence-corrected chi connectivity index (χ1v) is 10.6. The lowest BCUT2D eigenvalue weighted by molar-refractivity contribution is -0.127. The summed E-state index contributed by atoms with van der Waals surface area (Å²) in [7, 11) is 1.43. The van der Waals surface area contributed by atoms with Crippen molar-refractivity contribution in [3.8, 4) is 23.8 Å². The van der Waals surface area contributed by atoms with Crippen LogP contribution in [0.3, 0.4) is 0 Å². The van der Waals surface area contributed by atoms with Crippen LogP contribution in [0.4, 0.5) is 10.5 Å². The minimum atomic E-state index is -0.600. The third-order valence-corrected chi connectivity index (χ3v) is 5.69. The number of imide groups is 1. The summed E-state index contributed by atoms with van der Waals surface area (Å²) in [5, 5.41) is 2.58. The Bertz CT molecular complexity index is 1160. The predicted molar refractivity (Wildman–Crippen MR) is 125 cm³/mol. The van der Waals surface area contributed by atoms with E-state index in [1.807, 2.05) is 0 Å². The van der Waals surface area contributed by atoms with Crippen LogP contribution in [0.25, 0.3) is 6.08 Å². The maximum Gasteiger partial charge on any atom is 0.294 e. The predicted octanol–water partition coefficient (Wildman–Crippen LogP) is 4.69. The van der Waals surface area contributed by atoms with E-state index in [1.54, 1.807) is 36.4 Å². The van der Waals surface area contributed by atoms with E-state index in [1.165, 1.54) is 13.2 Å². The van der Waals surface area contributed by atoms with Crippen molar-refractivity contribution in [1.82, 2.24) is 4.90 Å². The molecule has 3 amide bonds. The summed E-state index contributed by atoms with van der Waals surface area (Å²) >= 11 is 13.0. The molecule has 2 aromatic carbocycles. The number of terminal acetylenes is 1. The quantitative estimate of drug-likeness (QED) is 0.447. The van der Waals surface area contributed by atoms with E-state index in [9.17, 15) is 14.4 Å². The molecule has 0 bridgehead atoms. The molecular weight excluding hydrogens is 475 g/mol. The van der Waals surface area contributed by atoms with Crippen molar-refractivity contribution >= 4 is 63.8 Å². The third-order valence-electron chi connectivity index (χ3n) is 4.17. The van der Waals surface area contributed by atoms with Crippen molar-refractivity contribution in [2.24, 2.45) is 0 Å². The smallest absolute Gasteiger partial charge is 0.294 e. The number of hydrogen-bond acceptors (Lipinski definition) is 6. The summed E-state index contributed by atoms with van der Waals surface area (Å²) in [5.41, 5.74) is 0.890. The number of ether oxygens (including phenoxy) is 2. The molecule has 0 spiro atoms. The number of nitrogens with zero attached hydrogens (tertiary/aromatic N) is 1. The number of para-hydroxylation sites is 1. The first kappa shape index (κ1) is 23.5. The van der Waals surface area contributed by atoms with Crippen molar-refractivity contribution < 1.29 is 23.9 Å². The number of benzene rings is 2. The van der Waals surface area contributed by atoms with Gasteiger partial charge < -0.3 is 14.8 Å². The molecule has 7 nitrogen and oxygen atoms in total. The maximum absolute atomic E-state index is 12.7. The average Bonchev–Trinajstić information content (AvgIpc) is 3.01. The van der Waals surface area contributed by atoms with Gasteiger partial charge >= 0.3 is 0 Å². The molecule has 3 rings (SSSR count). The van der Waals surface area contributed by atoms with Crippen molar-refractivity contribution in [3.63, 3.8) is 0 Å². The Hall–Kier alpha value is -3.12. The lowest BCUT2D eigenvalue weighted by atomic mass is 10.1. The molecule has 0 aliphatic carbocycles. The van der Waals surface area contributed by atoms with Crippen LogP contribution in [0.5, 0.6) is 11.5 Å². The van der Waals surface area contributed by atoms with Gasteiger partial charge in [0.15, 0.2) is 11.5 Å². The second-order valence-electron chi connectivity index (χ2n) is 6.32. The topological polar surface area (TPSA) is 84.9 Å². The highest BCUT2D eigenvalue weighted by atomic mass is 35.5.